The number of esters is 1. The standard InChI is InChI=1S/C16H17NO6/c1-10(18)23-14-9-15(19)17(16(14)20)7-6-11-4-5-12(21-2)13(8-11)22-3/h4-5,8-9H,6-7H2,1-3H3. The molecule has 1 heterocycles. The topological polar surface area (TPSA) is 82.1 Å². The third-order valence-electron chi connectivity index (χ3n) is 3.30. The van der Waals surface area contributed by atoms with Crippen molar-refractivity contribution >= 4 is 17.8 Å². The first-order chi connectivity index (χ1) is 11.0. The lowest BCUT2D eigenvalue weighted by atomic mass is 10.1. The number of rotatable bonds is 6. The minimum atomic E-state index is -0.640. The van der Waals surface area contributed by atoms with Crippen LogP contribution in [0, 0.1) is 0 Å². The molecule has 0 aliphatic carbocycles. The summed E-state index contributed by atoms with van der Waals surface area (Å²) < 4.78 is 15.1. The van der Waals surface area contributed by atoms with E-state index in [1.807, 2.05) is 6.07 Å². The minimum absolute atomic E-state index is 0.175. The van der Waals surface area contributed by atoms with Crippen molar-refractivity contribution in [3.05, 3.63) is 35.6 Å². The van der Waals surface area contributed by atoms with Gasteiger partial charge in [0.25, 0.3) is 11.8 Å². The molecule has 0 fully saturated rings. The molecule has 0 radical (unpaired) electrons. The third-order valence-corrected chi connectivity index (χ3v) is 3.30. The van der Waals surface area contributed by atoms with Crippen LogP contribution in [0.5, 0.6) is 11.5 Å². The number of hydrogen-bond donors (Lipinski definition) is 0. The normalized spacial score (nSPS) is 13.9. The fourth-order valence-corrected chi connectivity index (χ4v) is 2.20. The van der Waals surface area contributed by atoms with Crippen LogP contribution >= 0.6 is 0 Å². The molecule has 23 heavy (non-hydrogen) atoms. The Morgan fingerprint density at radius 2 is 1.83 bits per heavy atom. The zero-order valence-electron chi connectivity index (χ0n) is 13.1. The van der Waals surface area contributed by atoms with Crippen molar-refractivity contribution in [2.75, 3.05) is 20.8 Å². The lowest BCUT2D eigenvalue weighted by Crippen LogP contribution is -2.33. The summed E-state index contributed by atoms with van der Waals surface area (Å²) in [4.78, 5) is 35.8. The second-order valence-corrected chi connectivity index (χ2v) is 4.84. The number of amides is 2. The third kappa shape index (κ3) is 3.68. The van der Waals surface area contributed by atoms with Gasteiger partial charge in [0, 0.05) is 13.5 Å². The van der Waals surface area contributed by atoms with E-state index in [1.165, 1.54) is 14.0 Å². The van der Waals surface area contributed by atoms with E-state index in [1.54, 1.807) is 19.2 Å². The van der Waals surface area contributed by atoms with E-state index >= 15 is 0 Å². The van der Waals surface area contributed by atoms with Crippen molar-refractivity contribution in [3.63, 3.8) is 0 Å². The molecule has 0 atom stereocenters. The van der Waals surface area contributed by atoms with Gasteiger partial charge in [-0.3, -0.25) is 19.3 Å². The molecule has 1 aliphatic rings. The van der Waals surface area contributed by atoms with Crippen LogP contribution in [0.3, 0.4) is 0 Å². The number of carbonyl (C=O) groups excluding carboxylic acids is 3. The van der Waals surface area contributed by atoms with Crippen LogP contribution in [0.4, 0.5) is 0 Å². The average Bonchev–Trinajstić information content (AvgIpc) is 2.78. The number of imide groups is 1. The van der Waals surface area contributed by atoms with E-state index in [9.17, 15) is 14.4 Å². The summed E-state index contributed by atoms with van der Waals surface area (Å²) in [7, 11) is 3.08. The molecule has 0 aromatic heterocycles. The van der Waals surface area contributed by atoms with Gasteiger partial charge in [-0.2, -0.15) is 0 Å². The maximum atomic E-state index is 12.0. The van der Waals surface area contributed by atoms with E-state index < -0.39 is 17.8 Å². The molecule has 1 aliphatic heterocycles. The largest absolute Gasteiger partial charge is 0.493 e. The Hall–Kier alpha value is -2.83. The van der Waals surface area contributed by atoms with E-state index in [-0.39, 0.29) is 12.3 Å². The number of benzene rings is 1. The molecule has 7 heteroatoms. The van der Waals surface area contributed by atoms with Crippen molar-refractivity contribution in [2.24, 2.45) is 0 Å². The minimum Gasteiger partial charge on any atom is -0.493 e. The number of methoxy groups -OCH3 is 2. The molecule has 0 N–H and O–H groups in total. The monoisotopic (exact) mass is 319 g/mol. The molecule has 0 unspecified atom stereocenters. The maximum Gasteiger partial charge on any atom is 0.308 e. The summed E-state index contributed by atoms with van der Waals surface area (Å²) >= 11 is 0. The summed E-state index contributed by atoms with van der Waals surface area (Å²) in [5, 5.41) is 0. The highest BCUT2D eigenvalue weighted by molar-refractivity contribution is 6.15. The van der Waals surface area contributed by atoms with Crippen LogP contribution in [0.15, 0.2) is 30.0 Å². The van der Waals surface area contributed by atoms with Gasteiger partial charge in [-0.1, -0.05) is 6.07 Å². The Balaban J connectivity index is 2.03. The van der Waals surface area contributed by atoms with Crippen LogP contribution in [0.2, 0.25) is 0 Å². The van der Waals surface area contributed by atoms with Crippen LogP contribution < -0.4 is 9.47 Å². The second-order valence-electron chi connectivity index (χ2n) is 4.84. The van der Waals surface area contributed by atoms with Gasteiger partial charge < -0.3 is 14.2 Å². The Bertz CT molecular complexity index is 679. The zero-order chi connectivity index (χ0) is 17.0. The van der Waals surface area contributed by atoms with E-state index in [0.29, 0.717) is 17.9 Å². The molecule has 0 saturated carbocycles. The van der Waals surface area contributed by atoms with Crippen LogP contribution in [-0.4, -0.2) is 43.4 Å². The summed E-state index contributed by atoms with van der Waals surface area (Å²) in [5.74, 6) is -0.808. The Kier molecular flexibility index (Phi) is 5.00. The molecule has 0 saturated heterocycles. The quantitative estimate of drug-likeness (QED) is 0.576. The van der Waals surface area contributed by atoms with Gasteiger partial charge >= 0.3 is 5.97 Å². The first-order valence-electron chi connectivity index (χ1n) is 6.93. The molecular formula is C16H17NO6. The van der Waals surface area contributed by atoms with Gasteiger partial charge in [-0.15, -0.1) is 0 Å². The summed E-state index contributed by atoms with van der Waals surface area (Å²) in [6.07, 6.45) is 1.47. The molecule has 1 aromatic carbocycles. The zero-order valence-corrected chi connectivity index (χ0v) is 13.1. The van der Waals surface area contributed by atoms with Crippen LogP contribution in [0.25, 0.3) is 0 Å². The molecule has 2 rings (SSSR count). The van der Waals surface area contributed by atoms with Crippen molar-refractivity contribution in [2.45, 2.75) is 13.3 Å². The Morgan fingerprint density at radius 1 is 1.13 bits per heavy atom. The van der Waals surface area contributed by atoms with Crippen LogP contribution in [0.1, 0.15) is 12.5 Å². The van der Waals surface area contributed by atoms with Gasteiger partial charge in [-0.25, -0.2) is 0 Å². The molecular weight excluding hydrogens is 302 g/mol. The molecule has 7 nitrogen and oxygen atoms in total. The maximum absolute atomic E-state index is 12.0. The molecule has 122 valence electrons. The number of ether oxygens (including phenoxy) is 3. The van der Waals surface area contributed by atoms with E-state index in [4.69, 9.17) is 14.2 Å². The summed E-state index contributed by atoms with van der Waals surface area (Å²) in [5.41, 5.74) is 0.879. The van der Waals surface area contributed by atoms with Crippen molar-refractivity contribution in [3.8, 4) is 11.5 Å². The highest BCUT2D eigenvalue weighted by atomic mass is 16.5. The highest BCUT2D eigenvalue weighted by Gasteiger charge is 2.33. The van der Waals surface area contributed by atoms with Gasteiger partial charge in [0.1, 0.15) is 0 Å². The smallest absolute Gasteiger partial charge is 0.308 e. The number of nitrogens with zero attached hydrogens (tertiary/aromatic N) is 1. The molecule has 1 aromatic rings. The van der Waals surface area contributed by atoms with E-state index in [0.717, 1.165) is 16.5 Å². The highest BCUT2D eigenvalue weighted by Crippen LogP contribution is 2.28. The van der Waals surface area contributed by atoms with Crippen molar-refractivity contribution < 1.29 is 28.6 Å². The first kappa shape index (κ1) is 16.5. The van der Waals surface area contributed by atoms with E-state index in [2.05, 4.69) is 0 Å². The fourth-order valence-electron chi connectivity index (χ4n) is 2.20. The van der Waals surface area contributed by atoms with Crippen LogP contribution in [-0.2, 0) is 25.5 Å². The summed E-state index contributed by atoms with van der Waals surface area (Å²) in [6.45, 7) is 1.35. The van der Waals surface area contributed by atoms with Crippen molar-refractivity contribution in [1.82, 2.24) is 4.90 Å². The number of hydrogen-bond acceptors (Lipinski definition) is 6. The second kappa shape index (κ2) is 6.95. The number of carbonyl (C=O) groups is 3. The predicted octanol–water partition coefficient (Wildman–Crippen LogP) is 1.06. The van der Waals surface area contributed by atoms with Crippen molar-refractivity contribution in [1.29, 1.82) is 0 Å². The lowest BCUT2D eigenvalue weighted by Gasteiger charge is -2.15. The first-order valence-corrected chi connectivity index (χ1v) is 6.93. The molecule has 0 spiro atoms. The SMILES string of the molecule is COc1ccc(CCN2C(=O)C=C(OC(C)=O)C2=O)cc1OC. The Labute approximate surface area is 133 Å². The summed E-state index contributed by atoms with van der Waals surface area (Å²) in [6, 6.07) is 5.36. The van der Waals surface area contributed by atoms with Gasteiger partial charge in [0.2, 0.25) is 5.76 Å². The molecule has 2 amide bonds. The predicted molar refractivity (Wildman–Crippen MR) is 79.8 cm³/mol. The van der Waals surface area contributed by atoms with Gasteiger partial charge in [0.15, 0.2) is 11.5 Å². The van der Waals surface area contributed by atoms with Gasteiger partial charge in [-0.05, 0) is 24.1 Å². The fraction of sp³-hybridized carbons (Fsp3) is 0.312. The lowest BCUT2D eigenvalue weighted by molar-refractivity contribution is -0.145. The Morgan fingerprint density at radius 3 is 2.43 bits per heavy atom. The average molecular weight is 319 g/mol. The van der Waals surface area contributed by atoms with Gasteiger partial charge in [0.05, 0.1) is 20.3 Å². The molecule has 0 bridgehead atoms.